The van der Waals surface area contributed by atoms with E-state index in [1.54, 1.807) is 0 Å². The number of hydrogen-bond donors (Lipinski definition) is 3. The molecule has 0 bridgehead atoms. The summed E-state index contributed by atoms with van der Waals surface area (Å²) in [6.45, 7) is 0. The van der Waals surface area contributed by atoms with Crippen LogP contribution in [-0.4, -0.2) is 15.9 Å². The van der Waals surface area contributed by atoms with Crippen molar-refractivity contribution in [1.29, 1.82) is 0 Å². The molecule has 3 N–H and O–H groups in total. The molecule has 0 heterocycles. The number of hydrogen-bond acceptors (Lipinski definition) is 4. The summed E-state index contributed by atoms with van der Waals surface area (Å²) in [7, 11) is 0. The molecular weight excluding hydrogens is 323 g/mol. The van der Waals surface area contributed by atoms with Gasteiger partial charge in [-0.2, -0.15) is 0 Å². The van der Waals surface area contributed by atoms with Crippen LogP contribution in [0.1, 0.15) is 10.4 Å². The Morgan fingerprint density at radius 2 is 1.74 bits per heavy atom. The Morgan fingerprint density at radius 3 is 2.39 bits per heavy atom. The SMILES string of the molecule is O=C(NNC(=S)Nc1ccc(F)cc1)c1ccccc1[N+](=O)[O-]. The second kappa shape index (κ2) is 7.27. The number of thiocarbonyl (C=S) groups is 1. The second-order valence-electron chi connectivity index (χ2n) is 4.31. The third kappa shape index (κ3) is 4.45. The zero-order valence-electron chi connectivity index (χ0n) is 11.6. The van der Waals surface area contributed by atoms with E-state index in [-0.39, 0.29) is 22.2 Å². The van der Waals surface area contributed by atoms with Crippen molar-refractivity contribution in [2.45, 2.75) is 0 Å². The average molecular weight is 334 g/mol. The average Bonchev–Trinajstić information content (AvgIpc) is 2.54. The van der Waals surface area contributed by atoms with Crippen LogP contribution in [0.2, 0.25) is 0 Å². The number of halogens is 1. The fourth-order valence-corrected chi connectivity index (χ4v) is 1.87. The number of nitro benzene ring substituents is 1. The van der Waals surface area contributed by atoms with E-state index < -0.39 is 10.8 Å². The molecule has 2 rings (SSSR count). The van der Waals surface area contributed by atoms with Crippen molar-refractivity contribution in [3.63, 3.8) is 0 Å². The van der Waals surface area contributed by atoms with E-state index in [9.17, 15) is 19.3 Å². The van der Waals surface area contributed by atoms with Crippen molar-refractivity contribution >= 4 is 34.6 Å². The Morgan fingerprint density at radius 1 is 1.09 bits per heavy atom. The first-order valence-electron chi connectivity index (χ1n) is 6.33. The number of benzene rings is 2. The van der Waals surface area contributed by atoms with Crippen LogP contribution in [0.15, 0.2) is 48.5 Å². The fraction of sp³-hybridized carbons (Fsp3) is 0. The molecule has 0 spiro atoms. The molecule has 23 heavy (non-hydrogen) atoms. The van der Waals surface area contributed by atoms with Gasteiger partial charge in [0.05, 0.1) is 4.92 Å². The van der Waals surface area contributed by atoms with Crippen LogP contribution < -0.4 is 16.2 Å². The first-order chi connectivity index (χ1) is 11.0. The van der Waals surface area contributed by atoms with E-state index in [1.807, 2.05) is 0 Å². The molecule has 0 atom stereocenters. The van der Waals surface area contributed by atoms with Gasteiger partial charge in [-0.3, -0.25) is 25.8 Å². The van der Waals surface area contributed by atoms with Crippen molar-refractivity contribution in [2.75, 3.05) is 5.32 Å². The molecule has 9 heteroatoms. The summed E-state index contributed by atoms with van der Waals surface area (Å²) >= 11 is 4.96. The van der Waals surface area contributed by atoms with Gasteiger partial charge < -0.3 is 5.32 Å². The first-order valence-corrected chi connectivity index (χ1v) is 6.74. The minimum atomic E-state index is -0.708. The normalized spacial score (nSPS) is 9.78. The molecule has 0 radical (unpaired) electrons. The minimum absolute atomic E-state index is 0.0449. The van der Waals surface area contributed by atoms with E-state index in [1.165, 1.54) is 48.5 Å². The molecule has 0 aliphatic carbocycles. The molecule has 2 aromatic rings. The highest BCUT2D eigenvalue weighted by Gasteiger charge is 2.18. The lowest BCUT2D eigenvalue weighted by molar-refractivity contribution is -0.385. The van der Waals surface area contributed by atoms with Gasteiger partial charge in [0, 0.05) is 11.8 Å². The summed E-state index contributed by atoms with van der Waals surface area (Å²) in [5.74, 6) is -1.10. The zero-order chi connectivity index (χ0) is 16.8. The molecule has 0 aliphatic rings. The number of anilines is 1. The smallest absolute Gasteiger partial charge is 0.282 e. The third-order valence-corrected chi connectivity index (χ3v) is 2.94. The zero-order valence-corrected chi connectivity index (χ0v) is 12.4. The van der Waals surface area contributed by atoms with E-state index in [0.29, 0.717) is 5.69 Å². The number of rotatable bonds is 3. The number of carbonyl (C=O) groups is 1. The van der Waals surface area contributed by atoms with E-state index >= 15 is 0 Å². The summed E-state index contributed by atoms with van der Waals surface area (Å²) in [4.78, 5) is 22.2. The van der Waals surface area contributed by atoms with Crippen molar-refractivity contribution in [3.8, 4) is 0 Å². The molecule has 0 aliphatic heterocycles. The molecule has 0 saturated carbocycles. The quantitative estimate of drug-likeness (QED) is 0.453. The largest absolute Gasteiger partial charge is 0.331 e. The van der Waals surface area contributed by atoms with Crippen molar-refractivity contribution in [1.82, 2.24) is 10.9 Å². The Kier molecular flexibility index (Phi) is 5.15. The maximum Gasteiger partial charge on any atom is 0.282 e. The number of nitrogens with zero attached hydrogens (tertiary/aromatic N) is 1. The summed E-state index contributed by atoms with van der Waals surface area (Å²) in [5.41, 5.74) is 4.77. The molecule has 0 unspecified atom stereocenters. The highest BCUT2D eigenvalue weighted by molar-refractivity contribution is 7.80. The summed E-state index contributed by atoms with van der Waals surface area (Å²) in [5, 5.41) is 13.6. The number of para-hydroxylation sites is 1. The lowest BCUT2D eigenvalue weighted by Crippen LogP contribution is -2.43. The lowest BCUT2D eigenvalue weighted by Gasteiger charge is -2.11. The van der Waals surface area contributed by atoms with E-state index in [2.05, 4.69) is 16.2 Å². The maximum absolute atomic E-state index is 12.8. The summed E-state index contributed by atoms with van der Waals surface area (Å²) in [6.07, 6.45) is 0. The summed E-state index contributed by atoms with van der Waals surface area (Å²) in [6, 6.07) is 10.9. The van der Waals surface area contributed by atoms with Crippen molar-refractivity contribution in [2.24, 2.45) is 0 Å². The van der Waals surface area contributed by atoms with Crippen LogP contribution in [0.5, 0.6) is 0 Å². The second-order valence-corrected chi connectivity index (χ2v) is 4.72. The van der Waals surface area contributed by atoms with Gasteiger partial charge in [-0.25, -0.2) is 4.39 Å². The molecule has 1 amide bonds. The Balaban J connectivity index is 1.95. The van der Waals surface area contributed by atoms with Gasteiger partial charge in [-0.15, -0.1) is 0 Å². The predicted molar refractivity (Wildman–Crippen MR) is 86.3 cm³/mol. The third-order valence-electron chi connectivity index (χ3n) is 2.74. The Bertz CT molecular complexity index is 752. The number of hydrazine groups is 1. The molecule has 7 nitrogen and oxygen atoms in total. The van der Waals surface area contributed by atoms with Gasteiger partial charge >= 0.3 is 0 Å². The molecule has 2 aromatic carbocycles. The van der Waals surface area contributed by atoms with Crippen LogP contribution in [0.3, 0.4) is 0 Å². The van der Waals surface area contributed by atoms with Gasteiger partial charge in [-0.1, -0.05) is 12.1 Å². The molecule has 0 aromatic heterocycles. The van der Waals surface area contributed by atoms with Gasteiger partial charge in [-0.05, 0) is 42.5 Å². The molecule has 0 fully saturated rings. The molecular formula is C14H11FN4O3S. The van der Waals surface area contributed by atoms with E-state index in [4.69, 9.17) is 12.2 Å². The first kappa shape index (κ1) is 16.3. The Labute approximate surface area is 135 Å². The van der Waals surface area contributed by atoms with Crippen molar-refractivity contribution in [3.05, 3.63) is 70.0 Å². The van der Waals surface area contributed by atoms with Crippen LogP contribution in [0.25, 0.3) is 0 Å². The van der Waals surface area contributed by atoms with E-state index in [0.717, 1.165) is 0 Å². The monoisotopic (exact) mass is 334 g/mol. The number of amides is 1. The number of nitrogens with one attached hydrogen (secondary N) is 3. The fourth-order valence-electron chi connectivity index (χ4n) is 1.70. The topological polar surface area (TPSA) is 96.3 Å². The van der Waals surface area contributed by atoms with Gasteiger partial charge in [0.25, 0.3) is 11.6 Å². The number of carbonyl (C=O) groups excluding carboxylic acids is 1. The molecule has 118 valence electrons. The van der Waals surface area contributed by atoms with Crippen LogP contribution in [0, 0.1) is 15.9 Å². The lowest BCUT2D eigenvalue weighted by atomic mass is 10.2. The van der Waals surface area contributed by atoms with Crippen LogP contribution in [-0.2, 0) is 0 Å². The maximum atomic E-state index is 12.8. The van der Waals surface area contributed by atoms with Gasteiger partial charge in [0.15, 0.2) is 5.11 Å². The van der Waals surface area contributed by atoms with Crippen LogP contribution in [0.4, 0.5) is 15.8 Å². The molecule has 0 saturated heterocycles. The Hall–Kier alpha value is -3.07. The van der Waals surface area contributed by atoms with Crippen molar-refractivity contribution < 1.29 is 14.1 Å². The number of nitro groups is 1. The standard InChI is InChI=1S/C14H11FN4O3S/c15-9-5-7-10(8-6-9)16-14(23)18-17-13(20)11-3-1-2-4-12(11)19(21)22/h1-8H,(H,17,20)(H2,16,18,23). The minimum Gasteiger partial charge on any atom is -0.331 e. The van der Waals surface area contributed by atoms with Crippen LogP contribution >= 0.6 is 12.2 Å². The van der Waals surface area contributed by atoms with Gasteiger partial charge in [0.2, 0.25) is 0 Å². The predicted octanol–water partition coefficient (Wildman–Crippen LogP) is 2.37. The highest BCUT2D eigenvalue weighted by atomic mass is 32.1. The highest BCUT2D eigenvalue weighted by Crippen LogP contribution is 2.16. The van der Waals surface area contributed by atoms with Gasteiger partial charge in [0.1, 0.15) is 11.4 Å². The summed E-state index contributed by atoms with van der Waals surface area (Å²) < 4.78 is 12.8.